The maximum atomic E-state index is 13.3. The maximum Gasteiger partial charge on any atom is 0.360 e. The largest absolute Gasteiger partial charge is 0.457 e. The molecule has 4 bridgehead atoms. The Morgan fingerprint density at radius 1 is 0.661 bits per heavy atom. The molecule has 0 amide bonds. The number of fused-ring (bicyclic) bond motifs is 4. The van der Waals surface area contributed by atoms with Crippen LogP contribution in [0.2, 0.25) is 0 Å². The lowest BCUT2D eigenvalue weighted by Crippen LogP contribution is -2.42. The lowest BCUT2D eigenvalue weighted by atomic mass is 9.79. The zero-order valence-corrected chi connectivity index (χ0v) is 33.7. The highest BCUT2D eigenvalue weighted by atomic mass is 16.6. The van der Waals surface area contributed by atoms with E-state index in [9.17, 15) is 19.8 Å². The SMILES string of the molecule is C/C=C/C(O)C(C)(C)C1C\C=C/C=C\C=C\C(OC)Cc2nc(co2)C(=O)OC(C(C)(C)C(O)/C=C/C)C\C=C/C=C\C=C\C(OC)Cc2nc(co2)C(=O)O1. The third-order valence-electron chi connectivity index (χ3n) is 9.60. The van der Waals surface area contributed by atoms with E-state index in [1.807, 2.05) is 114 Å². The van der Waals surface area contributed by atoms with E-state index in [-0.39, 0.29) is 24.2 Å². The molecule has 0 saturated heterocycles. The third-order valence-corrected chi connectivity index (χ3v) is 9.60. The minimum absolute atomic E-state index is 0.0120. The molecule has 3 heterocycles. The quantitative estimate of drug-likeness (QED) is 0.200. The van der Waals surface area contributed by atoms with Gasteiger partial charge in [0.05, 0.1) is 37.3 Å². The van der Waals surface area contributed by atoms with Gasteiger partial charge >= 0.3 is 11.9 Å². The fraction of sp³-hybridized carbons (Fsp3) is 0.455. The molecule has 12 heteroatoms. The summed E-state index contributed by atoms with van der Waals surface area (Å²) in [5, 5.41) is 21.8. The Bertz CT molecular complexity index is 1640. The highest BCUT2D eigenvalue weighted by molar-refractivity contribution is 5.87. The third kappa shape index (κ3) is 13.7. The second-order valence-electron chi connectivity index (χ2n) is 14.4. The van der Waals surface area contributed by atoms with Crippen molar-refractivity contribution in [1.82, 2.24) is 9.97 Å². The summed E-state index contributed by atoms with van der Waals surface area (Å²) in [5.41, 5.74) is -1.66. The lowest BCUT2D eigenvalue weighted by Gasteiger charge is -2.36. The number of esters is 2. The van der Waals surface area contributed by atoms with Gasteiger partial charge in [-0.3, -0.25) is 0 Å². The summed E-state index contributed by atoms with van der Waals surface area (Å²) in [7, 11) is 3.12. The van der Waals surface area contributed by atoms with Crippen molar-refractivity contribution in [2.24, 2.45) is 10.8 Å². The molecule has 1 aliphatic heterocycles. The smallest absolute Gasteiger partial charge is 0.360 e. The summed E-state index contributed by atoms with van der Waals surface area (Å²) >= 11 is 0. The predicted molar refractivity (Wildman–Crippen MR) is 214 cm³/mol. The minimum atomic E-state index is -0.880. The first kappa shape index (κ1) is 45.5. The van der Waals surface area contributed by atoms with Gasteiger partial charge in [-0.2, -0.15) is 0 Å². The molecule has 12 nitrogen and oxygen atoms in total. The lowest BCUT2D eigenvalue weighted by molar-refractivity contribution is -0.0461. The van der Waals surface area contributed by atoms with Crippen LogP contribution in [0.5, 0.6) is 0 Å². The standard InChI is InChI=1S/C44H58N2O10/c1-9-21-35(47)43(3,4)37-25-19-15-11-13-17-23-32(52-8)28-40-46-34(30-54-40)42(50)56-38(44(5,6)36(48)22-10-2)26-20-16-12-14-18-24-31(51-7)27-39-45-33(29-53-39)41(49)55-37/h9-24,29-32,35-38,47-48H,25-28H2,1-8H3/b13-11-,14-12-,19-15-,20-16-,21-9+,22-10+,23-17+,24-18+. The van der Waals surface area contributed by atoms with Gasteiger partial charge in [-0.15, -0.1) is 0 Å². The van der Waals surface area contributed by atoms with E-state index in [1.165, 1.54) is 12.5 Å². The van der Waals surface area contributed by atoms with Crippen LogP contribution in [-0.4, -0.2) is 83.0 Å². The Balaban J connectivity index is 1.93. The number of nitrogens with zero attached hydrogens (tertiary/aromatic N) is 2. The van der Waals surface area contributed by atoms with Crippen molar-refractivity contribution < 1.29 is 47.6 Å². The van der Waals surface area contributed by atoms with Crippen molar-refractivity contribution in [2.75, 3.05) is 14.2 Å². The van der Waals surface area contributed by atoms with Crippen LogP contribution in [0.4, 0.5) is 0 Å². The average molecular weight is 775 g/mol. The zero-order valence-electron chi connectivity index (χ0n) is 33.7. The van der Waals surface area contributed by atoms with Crippen molar-refractivity contribution in [3.63, 3.8) is 0 Å². The number of rotatable bonds is 8. The number of allylic oxidation sites excluding steroid dienone is 10. The van der Waals surface area contributed by atoms with Gasteiger partial charge in [-0.1, -0.05) is 125 Å². The van der Waals surface area contributed by atoms with Crippen molar-refractivity contribution >= 4 is 11.9 Å². The van der Waals surface area contributed by atoms with Gasteiger partial charge in [0, 0.05) is 37.9 Å². The summed E-state index contributed by atoms with van der Waals surface area (Å²) in [6.07, 6.45) is 28.4. The van der Waals surface area contributed by atoms with Gasteiger partial charge in [0.25, 0.3) is 0 Å². The molecule has 0 spiro atoms. The Morgan fingerprint density at radius 2 is 1.04 bits per heavy atom. The van der Waals surface area contributed by atoms with Gasteiger partial charge in [0.2, 0.25) is 0 Å². The predicted octanol–water partition coefficient (Wildman–Crippen LogP) is 7.59. The molecule has 2 aromatic rings. The monoisotopic (exact) mass is 774 g/mol. The summed E-state index contributed by atoms with van der Waals surface area (Å²) in [5.74, 6) is -0.754. The van der Waals surface area contributed by atoms with Gasteiger partial charge < -0.3 is 38.0 Å². The van der Waals surface area contributed by atoms with Crippen molar-refractivity contribution in [3.05, 3.63) is 133 Å². The summed E-state index contributed by atoms with van der Waals surface area (Å²) in [6, 6.07) is 0. The van der Waals surface area contributed by atoms with Crippen LogP contribution in [0.25, 0.3) is 0 Å². The first-order valence-electron chi connectivity index (χ1n) is 18.7. The molecule has 0 fully saturated rings. The van der Waals surface area contributed by atoms with E-state index < -0.39 is 59.4 Å². The number of aliphatic hydroxyl groups excluding tert-OH is 2. The molecular weight excluding hydrogens is 716 g/mol. The Labute approximate surface area is 330 Å². The average Bonchev–Trinajstić information content (AvgIpc) is 3.85. The Kier molecular flexibility index (Phi) is 18.4. The number of ether oxygens (including phenoxy) is 4. The molecule has 0 saturated carbocycles. The van der Waals surface area contributed by atoms with E-state index in [1.54, 1.807) is 38.5 Å². The van der Waals surface area contributed by atoms with Crippen LogP contribution in [0.3, 0.4) is 0 Å². The number of methoxy groups -OCH3 is 2. The van der Waals surface area contributed by atoms with Gasteiger partial charge in [0.15, 0.2) is 23.2 Å². The molecule has 2 aromatic heterocycles. The first-order chi connectivity index (χ1) is 26.8. The molecule has 3 rings (SSSR count). The molecule has 6 unspecified atom stereocenters. The summed E-state index contributed by atoms with van der Waals surface area (Å²) < 4.78 is 34.3. The Morgan fingerprint density at radius 3 is 1.39 bits per heavy atom. The van der Waals surface area contributed by atoms with E-state index in [2.05, 4.69) is 9.97 Å². The van der Waals surface area contributed by atoms with Gasteiger partial charge in [0.1, 0.15) is 24.7 Å². The molecular formula is C44H58N2O10. The molecule has 0 aromatic carbocycles. The van der Waals surface area contributed by atoms with Crippen LogP contribution in [0.1, 0.15) is 87.1 Å². The van der Waals surface area contributed by atoms with E-state index in [4.69, 9.17) is 27.8 Å². The molecule has 6 atom stereocenters. The Hall–Kier alpha value is -4.88. The van der Waals surface area contributed by atoms with Crippen LogP contribution < -0.4 is 0 Å². The molecule has 304 valence electrons. The summed E-state index contributed by atoms with van der Waals surface area (Å²) in [6.45, 7) is 11.0. The number of carbonyl (C=O) groups excluding carboxylic acids is 2. The molecule has 1 aliphatic rings. The number of cyclic esters (lactones) is 2. The minimum Gasteiger partial charge on any atom is -0.457 e. The number of aliphatic hydroxyl groups is 2. The fourth-order valence-corrected chi connectivity index (χ4v) is 5.62. The van der Waals surface area contributed by atoms with E-state index in [0.29, 0.717) is 24.6 Å². The van der Waals surface area contributed by atoms with Gasteiger partial charge in [-0.05, 0) is 13.8 Å². The summed E-state index contributed by atoms with van der Waals surface area (Å²) in [4.78, 5) is 35.3. The highest BCUT2D eigenvalue weighted by Crippen LogP contribution is 2.33. The fourth-order valence-electron chi connectivity index (χ4n) is 5.62. The van der Waals surface area contributed by atoms with E-state index >= 15 is 0 Å². The molecule has 0 aliphatic carbocycles. The van der Waals surface area contributed by atoms with Crippen molar-refractivity contribution in [3.8, 4) is 0 Å². The first-order valence-corrected chi connectivity index (χ1v) is 18.7. The van der Waals surface area contributed by atoms with Crippen LogP contribution in [-0.2, 0) is 31.8 Å². The number of carbonyl (C=O) groups is 2. The normalized spacial score (nSPS) is 26.1. The van der Waals surface area contributed by atoms with Crippen molar-refractivity contribution in [2.45, 2.75) is 104 Å². The second-order valence-corrected chi connectivity index (χ2v) is 14.4. The van der Waals surface area contributed by atoms with Crippen LogP contribution >= 0.6 is 0 Å². The number of oxazole rings is 2. The number of hydrogen-bond acceptors (Lipinski definition) is 12. The van der Waals surface area contributed by atoms with Crippen molar-refractivity contribution in [1.29, 1.82) is 0 Å². The van der Waals surface area contributed by atoms with Crippen LogP contribution in [0, 0.1) is 10.8 Å². The molecule has 0 radical (unpaired) electrons. The van der Waals surface area contributed by atoms with E-state index in [0.717, 1.165) is 0 Å². The second kappa shape index (κ2) is 22.6. The number of hydrogen-bond donors (Lipinski definition) is 2. The van der Waals surface area contributed by atoms with Gasteiger partial charge in [-0.25, -0.2) is 19.6 Å². The molecule has 2 N–H and O–H groups in total. The maximum absolute atomic E-state index is 13.3. The van der Waals surface area contributed by atoms with Crippen LogP contribution in [0.15, 0.2) is 119 Å². The highest BCUT2D eigenvalue weighted by Gasteiger charge is 2.39. The zero-order chi connectivity index (χ0) is 41.1. The molecule has 56 heavy (non-hydrogen) atoms. The number of aromatic nitrogens is 2. The topological polar surface area (TPSA) is 164 Å².